The van der Waals surface area contributed by atoms with Crippen LogP contribution in [0.1, 0.15) is 19.4 Å². The van der Waals surface area contributed by atoms with Gasteiger partial charge >= 0.3 is 0 Å². The summed E-state index contributed by atoms with van der Waals surface area (Å²) in [5.41, 5.74) is 1.26. The van der Waals surface area contributed by atoms with Crippen LogP contribution in [0.2, 0.25) is 0 Å². The molecule has 2 aliphatic rings. The van der Waals surface area contributed by atoms with Gasteiger partial charge in [-0.1, -0.05) is 24.3 Å². The summed E-state index contributed by atoms with van der Waals surface area (Å²) < 4.78 is 25.1. The highest BCUT2D eigenvalue weighted by atomic mass is 19.1. The van der Waals surface area contributed by atoms with Crippen molar-refractivity contribution in [2.45, 2.75) is 26.1 Å². The average Bonchev–Trinajstić information content (AvgIpc) is 2.97. The number of ether oxygens (including phenoxy) is 2. The number of para-hydroxylation sites is 1. The molecule has 1 fully saturated rings. The maximum Gasteiger partial charge on any atom is 0.282 e. The molecule has 6 nitrogen and oxygen atoms in total. The van der Waals surface area contributed by atoms with Crippen molar-refractivity contribution in [1.82, 2.24) is 4.90 Å². The fraction of sp³-hybridized carbons (Fsp3) is 0.304. The Balaban J connectivity index is 1.88. The summed E-state index contributed by atoms with van der Waals surface area (Å²) in [4.78, 5) is 30.0. The number of rotatable bonds is 4. The maximum absolute atomic E-state index is 13.9. The zero-order chi connectivity index (χ0) is 21.4. The van der Waals surface area contributed by atoms with Crippen LogP contribution in [0.3, 0.4) is 0 Å². The molecule has 2 amide bonds. The normalized spacial score (nSPS) is 22.1. The number of carbonyl (C=O) groups is 2. The summed E-state index contributed by atoms with van der Waals surface area (Å²) in [6.07, 6.45) is -0.211. The number of hydrogen-bond donors (Lipinski definition) is 0. The minimum atomic E-state index is -0.519. The predicted octanol–water partition coefficient (Wildman–Crippen LogP) is 3.23. The lowest BCUT2D eigenvalue weighted by atomic mass is 10.0. The first kappa shape index (κ1) is 20.1. The van der Waals surface area contributed by atoms with Gasteiger partial charge in [0.1, 0.15) is 17.3 Å². The number of hydrogen-bond acceptors (Lipinski definition) is 5. The molecule has 2 unspecified atom stereocenters. The Hall–Kier alpha value is -3.19. The second-order valence-electron chi connectivity index (χ2n) is 7.51. The molecule has 7 heteroatoms. The molecule has 4 rings (SSSR count). The lowest BCUT2D eigenvalue weighted by Gasteiger charge is -2.37. The van der Waals surface area contributed by atoms with Crippen LogP contribution in [-0.4, -0.2) is 49.1 Å². The quantitative estimate of drug-likeness (QED) is 0.725. The molecule has 30 heavy (non-hydrogen) atoms. The second kappa shape index (κ2) is 7.91. The fourth-order valence-electron chi connectivity index (χ4n) is 4.12. The number of anilines is 1. The summed E-state index contributed by atoms with van der Waals surface area (Å²) in [6, 6.07) is 12.6. The number of benzene rings is 2. The third-order valence-corrected chi connectivity index (χ3v) is 5.24. The van der Waals surface area contributed by atoms with Crippen LogP contribution in [0.4, 0.5) is 10.1 Å². The Bertz CT molecular complexity index is 1030. The van der Waals surface area contributed by atoms with Crippen molar-refractivity contribution in [3.63, 3.8) is 0 Å². The fourth-order valence-corrected chi connectivity index (χ4v) is 4.12. The van der Waals surface area contributed by atoms with Gasteiger partial charge in [-0.3, -0.25) is 9.59 Å². The monoisotopic (exact) mass is 410 g/mol. The van der Waals surface area contributed by atoms with E-state index in [0.717, 1.165) is 4.90 Å². The number of morpholine rings is 1. The third-order valence-electron chi connectivity index (χ3n) is 5.24. The van der Waals surface area contributed by atoms with Gasteiger partial charge in [-0.05, 0) is 38.1 Å². The highest BCUT2D eigenvalue weighted by Crippen LogP contribution is 2.39. The van der Waals surface area contributed by atoms with E-state index in [1.54, 1.807) is 30.3 Å². The van der Waals surface area contributed by atoms with E-state index in [1.807, 2.05) is 18.7 Å². The maximum atomic E-state index is 13.9. The van der Waals surface area contributed by atoms with E-state index >= 15 is 0 Å². The van der Waals surface area contributed by atoms with E-state index in [1.165, 1.54) is 25.3 Å². The Labute approximate surface area is 174 Å². The highest BCUT2D eigenvalue weighted by Gasteiger charge is 2.44. The molecule has 156 valence electrons. The van der Waals surface area contributed by atoms with E-state index < -0.39 is 17.6 Å². The van der Waals surface area contributed by atoms with E-state index in [-0.39, 0.29) is 29.2 Å². The number of amides is 2. The number of methoxy groups -OCH3 is 1. The molecule has 0 radical (unpaired) electrons. The predicted molar refractivity (Wildman–Crippen MR) is 110 cm³/mol. The van der Waals surface area contributed by atoms with Gasteiger partial charge in [-0.25, -0.2) is 9.29 Å². The number of halogens is 1. The first-order valence-electron chi connectivity index (χ1n) is 9.83. The Morgan fingerprint density at radius 3 is 2.37 bits per heavy atom. The molecule has 2 aliphatic heterocycles. The SMILES string of the molecule is COc1ccccc1C1=C(N2CC(C)OC(C)C2)C(=O)N(c2cccc(F)c2)C1=O. The van der Waals surface area contributed by atoms with E-state index in [4.69, 9.17) is 9.47 Å². The summed E-state index contributed by atoms with van der Waals surface area (Å²) in [7, 11) is 1.52. The van der Waals surface area contributed by atoms with Crippen LogP contribution in [0.5, 0.6) is 5.75 Å². The molecule has 1 saturated heterocycles. The van der Waals surface area contributed by atoms with Gasteiger partial charge in [0.05, 0.1) is 30.6 Å². The summed E-state index contributed by atoms with van der Waals surface area (Å²) in [5.74, 6) is -1.01. The van der Waals surface area contributed by atoms with Crippen molar-refractivity contribution in [3.8, 4) is 5.75 Å². The highest BCUT2D eigenvalue weighted by molar-refractivity contribution is 6.45. The molecule has 0 aliphatic carbocycles. The number of carbonyl (C=O) groups excluding carboxylic acids is 2. The van der Waals surface area contributed by atoms with Crippen LogP contribution in [0.25, 0.3) is 5.57 Å². The number of nitrogens with zero attached hydrogens (tertiary/aromatic N) is 2. The molecule has 2 atom stereocenters. The van der Waals surface area contributed by atoms with E-state index in [0.29, 0.717) is 24.4 Å². The molecule has 0 spiro atoms. The lowest BCUT2D eigenvalue weighted by Crippen LogP contribution is -2.47. The molecule has 0 bridgehead atoms. The van der Waals surface area contributed by atoms with Crippen molar-refractivity contribution in [2.75, 3.05) is 25.1 Å². The van der Waals surface area contributed by atoms with Gasteiger partial charge in [-0.2, -0.15) is 0 Å². The molecule has 2 aromatic carbocycles. The lowest BCUT2D eigenvalue weighted by molar-refractivity contribution is -0.121. The Kier molecular flexibility index (Phi) is 5.30. The van der Waals surface area contributed by atoms with Gasteiger partial charge in [0.25, 0.3) is 11.8 Å². The molecular weight excluding hydrogens is 387 g/mol. The topological polar surface area (TPSA) is 59.1 Å². The van der Waals surface area contributed by atoms with Crippen molar-refractivity contribution < 1.29 is 23.5 Å². The Morgan fingerprint density at radius 2 is 1.70 bits per heavy atom. The van der Waals surface area contributed by atoms with Crippen LogP contribution >= 0.6 is 0 Å². The van der Waals surface area contributed by atoms with Crippen molar-refractivity contribution in [2.24, 2.45) is 0 Å². The largest absolute Gasteiger partial charge is 0.496 e. The van der Waals surface area contributed by atoms with Crippen molar-refractivity contribution >= 4 is 23.1 Å². The zero-order valence-corrected chi connectivity index (χ0v) is 17.1. The van der Waals surface area contributed by atoms with Crippen LogP contribution in [0.15, 0.2) is 54.2 Å². The van der Waals surface area contributed by atoms with Crippen molar-refractivity contribution in [3.05, 3.63) is 65.6 Å². The van der Waals surface area contributed by atoms with Crippen molar-refractivity contribution in [1.29, 1.82) is 0 Å². The molecule has 2 heterocycles. The summed E-state index contributed by atoms with van der Waals surface area (Å²) in [6.45, 7) is 4.79. The molecule has 0 saturated carbocycles. The Morgan fingerprint density at radius 1 is 1.00 bits per heavy atom. The molecule has 2 aromatic rings. The van der Waals surface area contributed by atoms with Crippen LogP contribution in [-0.2, 0) is 14.3 Å². The summed E-state index contributed by atoms with van der Waals surface area (Å²) >= 11 is 0. The van der Waals surface area contributed by atoms with Gasteiger partial charge in [0.2, 0.25) is 0 Å². The van der Waals surface area contributed by atoms with Gasteiger partial charge in [0.15, 0.2) is 0 Å². The second-order valence-corrected chi connectivity index (χ2v) is 7.51. The van der Waals surface area contributed by atoms with Crippen LogP contribution < -0.4 is 9.64 Å². The minimum absolute atomic E-state index is 0.105. The first-order chi connectivity index (χ1) is 14.4. The minimum Gasteiger partial charge on any atom is -0.496 e. The van der Waals surface area contributed by atoms with Crippen LogP contribution in [0, 0.1) is 5.82 Å². The van der Waals surface area contributed by atoms with Gasteiger partial charge in [-0.15, -0.1) is 0 Å². The average molecular weight is 410 g/mol. The van der Waals surface area contributed by atoms with E-state index in [9.17, 15) is 14.0 Å². The standard InChI is InChI=1S/C23H23FN2O4/c1-14-12-25(13-15(2)30-14)21-20(18-9-4-5-10-19(18)29-3)22(27)26(23(21)28)17-8-6-7-16(24)11-17/h4-11,14-15H,12-13H2,1-3H3. The zero-order valence-electron chi connectivity index (χ0n) is 17.1. The van der Waals surface area contributed by atoms with E-state index in [2.05, 4.69) is 0 Å². The smallest absolute Gasteiger partial charge is 0.282 e. The van der Waals surface area contributed by atoms with Gasteiger partial charge < -0.3 is 14.4 Å². The van der Waals surface area contributed by atoms with Gasteiger partial charge in [0, 0.05) is 18.7 Å². The summed E-state index contributed by atoms with van der Waals surface area (Å²) in [5, 5.41) is 0. The number of imide groups is 1. The molecule has 0 N–H and O–H groups in total. The third kappa shape index (κ3) is 3.45. The molecular formula is C23H23FN2O4. The molecule has 0 aromatic heterocycles. The first-order valence-corrected chi connectivity index (χ1v) is 9.83.